The van der Waals surface area contributed by atoms with Gasteiger partial charge in [-0.25, -0.2) is 0 Å². The zero-order valence-corrected chi connectivity index (χ0v) is 12.3. The topological polar surface area (TPSA) is 21.3 Å². The molecule has 0 saturated heterocycles. The third kappa shape index (κ3) is 4.26. The van der Waals surface area contributed by atoms with Gasteiger partial charge in [0.05, 0.1) is 6.10 Å². The summed E-state index contributed by atoms with van der Waals surface area (Å²) in [4.78, 5) is 0. The molecule has 1 saturated carbocycles. The Morgan fingerprint density at radius 3 is 2.41 bits per heavy atom. The van der Waals surface area contributed by atoms with Crippen LogP contribution in [0, 0.1) is 17.8 Å². The first kappa shape index (κ1) is 15.0. The molecule has 1 N–H and O–H groups in total. The number of nitrogens with one attached hydrogen (secondary N) is 1. The zero-order chi connectivity index (χ0) is 12.8. The fourth-order valence-corrected chi connectivity index (χ4v) is 3.23. The average molecular weight is 241 g/mol. The second-order valence-electron chi connectivity index (χ2n) is 5.77. The van der Waals surface area contributed by atoms with Gasteiger partial charge in [0.1, 0.15) is 0 Å². The Morgan fingerprint density at radius 2 is 1.88 bits per heavy atom. The zero-order valence-electron chi connectivity index (χ0n) is 12.3. The molecule has 0 aromatic carbocycles. The SMILES string of the molecule is CCNC(C1CCC(C)C(C)C1)C(C)OCC. The van der Waals surface area contributed by atoms with Gasteiger partial charge in [-0.3, -0.25) is 0 Å². The summed E-state index contributed by atoms with van der Waals surface area (Å²) in [5.41, 5.74) is 0. The van der Waals surface area contributed by atoms with Gasteiger partial charge in [-0.05, 0) is 51.0 Å². The van der Waals surface area contributed by atoms with E-state index in [9.17, 15) is 0 Å². The summed E-state index contributed by atoms with van der Waals surface area (Å²) >= 11 is 0. The summed E-state index contributed by atoms with van der Waals surface area (Å²) in [7, 11) is 0. The van der Waals surface area contributed by atoms with Crippen LogP contribution in [-0.2, 0) is 4.74 Å². The molecule has 0 aliphatic heterocycles. The van der Waals surface area contributed by atoms with Gasteiger partial charge in [-0.2, -0.15) is 0 Å². The lowest BCUT2D eigenvalue weighted by Gasteiger charge is -2.39. The van der Waals surface area contributed by atoms with Gasteiger partial charge in [0.15, 0.2) is 0 Å². The molecule has 17 heavy (non-hydrogen) atoms. The number of likely N-dealkylation sites (N-methyl/N-ethyl adjacent to an activating group) is 1. The third-order valence-corrected chi connectivity index (χ3v) is 4.52. The highest BCUT2D eigenvalue weighted by atomic mass is 16.5. The Bertz CT molecular complexity index is 207. The van der Waals surface area contributed by atoms with Crippen LogP contribution in [0.4, 0.5) is 0 Å². The van der Waals surface area contributed by atoms with Crippen molar-refractivity contribution in [3.05, 3.63) is 0 Å². The summed E-state index contributed by atoms with van der Waals surface area (Å²) in [6.07, 6.45) is 4.44. The standard InChI is InChI=1S/C15H31NO/c1-6-16-15(13(5)17-7-2)14-9-8-11(3)12(4)10-14/h11-16H,6-10H2,1-5H3. The predicted octanol–water partition coefficient (Wildman–Crippen LogP) is 3.46. The number of rotatable bonds is 6. The highest BCUT2D eigenvalue weighted by Gasteiger charge is 2.32. The molecule has 1 fully saturated rings. The molecule has 1 rings (SSSR count). The van der Waals surface area contributed by atoms with Crippen LogP contribution >= 0.6 is 0 Å². The van der Waals surface area contributed by atoms with E-state index in [2.05, 4.69) is 39.9 Å². The van der Waals surface area contributed by atoms with Crippen LogP contribution in [0.3, 0.4) is 0 Å². The molecule has 0 amide bonds. The lowest BCUT2D eigenvalue weighted by Crippen LogP contribution is -2.47. The first-order valence-corrected chi connectivity index (χ1v) is 7.45. The van der Waals surface area contributed by atoms with Gasteiger partial charge in [0.2, 0.25) is 0 Å². The van der Waals surface area contributed by atoms with Crippen molar-refractivity contribution in [1.82, 2.24) is 5.32 Å². The number of hydrogen-bond acceptors (Lipinski definition) is 2. The van der Waals surface area contributed by atoms with Crippen LogP contribution < -0.4 is 5.32 Å². The molecule has 2 nitrogen and oxygen atoms in total. The number of hydrogen-bond donors (Lipinski definition) is 1. The van der Waals surface area contributed by atoms with Crippen LogP contribution in [0.25, 0.3) is 0 Å². The first-order chi connectivity index (χ1) is 8.10. The van der Waals surface area contributed by atoms with Crippen LogP contribution in [0.1, 0.15) is 53.9 Å². The molecule has 1 aliphatic carbocycles. The van der Waals surface area contributed by atoms with Crippen molar-refractivity contribution in [2.75, 3.05) is 13.2 Å². The molecular weight excluding hydrogens is 210 g/mol. The van der Waals surface area contributed by atoms with Gasteiger partial charge in [-0.1, -0.05) is 27.2 Å². The molecule has 0 bridgehead atoms. The van der Waals surface area contributed by atoms with E-state index in [-0.39, 0.29) is 0 Å². The van der Waals surface area contributed by atoms with E-state index >= 15 is 0 Å². The van der Waals surface area contributed by atoms with Gasteiger partial charge >= 0.3 is 0 Å². The summed E-state index contributed by atoms with van der Waals surface area (Å²) in [6, 6.07) is 0.537. The molecular formula is C15H31NO. The highest BCUT2D eigenvalue weighted by Crippen LogP contribution is 2.36. The van der Waals surface area contributed by atoms with Crippen LogP contribution in [-0.4, -0.2) is 25.3 Å². The van der Waals surface area contributed by atoms with E-state index < -0.39 is 0 Å². The van der Waals surface area contributed by atoms with Crippen molar-refractivity contribution < 1.29 is 4.74 Å². The highest BCUT2D eigenvalue weighted by molar-refractivity contribution is 4.87. The smallest absolute Gasteiger partial charge is 0.0702 e. The minimum absolute atomic E-state index is 0.338. The summed E-state index contributed by atoms with van der Waals surface area (Å²) in [5, 5.41) is 3.65. The summed E-state index contributed by atoms with van der Waals surface area (Å²) in [6.45, 7) is 13.2. The van der Waals surface area contributed by atoms with Crippen molar-refractivity contribution >= 4 is 0 Å². The Balaban J connectivity index is 2.57. The summed E-state index contributed by atoms with van der Waals surface area (Å²) in [5.74, 6) is 2.56. The Kier molecular flexibility index (Phi) is 6.50. The van der Waals surface area contributed by atoms with E-state index in [1.54, 1.807) is 0 Å². The van der Waals surface area contributed by atoms with Crippen molar-refractivity contribution in [3.63, 3.8) is 0 Å². The molecule has 5 atom stereocenters. The lowest BCUT2D eigenvalue weighted by atomic mass is 9.72. The fourth-order valence-electron chi connectivity index (χ4n) is 3.23. The van der Waals surface area contributed by atoms with E-state index in [0.717, 1.165) is 30.9 Å². The fraction of sp³-hybridized carbons (Fsp3) is 1.00. The Hall–Kier alpha value is -0.0800. The molecule has 5 unspecified atom stereocenters. The Labute approximate surface area is 108 Å². The lowest BCUT2D eigenvalue weighted by molar-refractivity contribution is 0.0159. The van der Waals surface area contributed by atoms with E-state index in [1.807, 2.05) is 0 Å². The van der Waals surface area contributed by atoms with E-state index in [4.69, 9.17) is 4.74 Å². The van der Waals surface area contributed by atoms with E-state index in [0.29, 0.717) is 12.1 Å². The van der Waals surface area contributed by atoms with Crippen molar-refractivity contribution in [2.45, 2.75) is 66.0 Å². The van der Waals surface area contributed by atoms with Gasteiger partial charge in [0, 0.05) is 12.6 Å². The van der Waals surface area contributed by atoms with Crippen molar-refractivity contribution in [1.29, 1.82) is 0 Å². The van der Waals surface area contributed by atoms with E-state index in [1.165, 1.54) is 19.3 Å². The molecule has 102 valence electrons. The minimum Gasteiger partial charge on any atom is -0.377 e. The molecule has 0 aromatic rings. The maximum absolute atomic E-state index is 5.81. The van der Waals surface area contributed by atoms with Gasteiger partial charge in [-0.15, -0.1) is 0 Å². The Morgan fingerprint density at radius 1 is 1.18 bits per heavy atom. The van der Waals surface area contributed by atoms with Crippen LogP contribution in [0.5, 0.6) is 0 Å². The monoisotopic (exact) mass is 241 g/mol. The maximum Gasteiger partial charge on any atom is 0.0702 e. The summed E-state index contributed by atoms with van der Waals surface area (Å²) < 4.78 is 5.81. The average Bonchev–Trinajstić information content (AvgIpc) is 2.30. The second kappa shape index (κ2) is 7.38. The molecule has 0 spiro atoms. The molecule has 1 aliphatic rings. The minimum atomic E-state index is 0.338. The quantitative estimate of drug-likeness (QED) is 0.769. The van der Waals surface area contributed by atoms with Gasteiger partial charge in [0.25, 0.3) is 0 Å². The maximum atomic E-state index is 5.81. The van der Waals surface area contributed by atoms with Crippen molar-refractivity contribution in [2.24, 2.45) is 17.8 Å². The number of ether oxygens (including phenoxy) is 1. The normalized spacial score (nSPS) is 33.4. The molecule has 0 aromatic heterocycles. The van der Waals surface area contributed by atoms with Crippen molar-refractivity contribution in [3.8, 4) is 0 Å². The van der Waals surface area contributed by atoms with Gasteiger partial charge < -0.3 is 10.1 Å². The first-order valence-electron chi connectivity index (χ1n) is 7.45. The molecule has 0 heterocycles. The largest absolute Gasteiger partial charge is 0.377 e. The third-order valence-electron chi connectivity index (χ3n) is 4.52. The molecule has 2 heteroatoms. The predicted molar refractivity (Wildman–Crippen MR) is 74.2 cm³/mol. The second-order valence-corrected chi connectivity index (χ2v) is 5.77. The molecule has 0 radical (unpaired) electrons. The van der Waals surface area contributed by atoms with Crippen LogP contribution in [0.15, 0.2) is 0 Å². The van der Waals surface area contributed by atoms with Crippen LogP contribution in [0.2, 0.25) is 0 Å².